The SMILES string of the molecule is O=PC(=O)c1ccccc1.c1ccc(-c2ccccc2)cc1. The molecule has 0 aliphatic carbocycles. The van der Waals surface area contributed by atoms with Crippen LogP contribution in [0.4, 0.5) is 0 Å². The van der Waals surface area contributed by atoms with E-state index in [1.54, 1.807) is 30.3 Å². The third-order valence-corrected chi connectivity index (χ3v) is 3.41. The van der Waals surface area contributed by atoms with Gasteiger partial charge in [-0.3, -0.25) is 9.36 Å². The Labute approximate surface area is 131 Å². The Morgan fingerprint density at radius 3 is 1.32 bits per heavy atom. The van der Waals surface area contributed by atoms with Crippen molar-refractivity contribution >= 4 is 14.0 Å². The fraction of sp³-hybridized carbons (Fsp3) is 0. The van der Waals surface area contributed by atoms with Crippen molar-refractivity contribution in [1.82, 2.24) is 0 Å². The fourth-order valence-electron chi connectivity index (χ4n) is 1.89. The van der Waals surface area contributed by atoms with Crippen LogP contribution in [0.2, 0.25) is 0 Å². The van der Waals surface area contributed by atoms with Crippen molar-refractivity contribution in [3.05, 3.63) is 96.6 Å². The first kappa shape index (κ1) is 15.8. The summed E-state index contributed by atoms with van der Waals surface area (Å²) < 4.78 is 10.1. The van der Waals surface area contributed by atoms with Crippen LogP contribution in [-0.2, 0) is 4.57 Å². The Hall–Kier alpha value is -2.57. The van der Waals surface area contributed by atoms with Gasteiger partial charge in [-0.15, -0.1) is 0 Å². The van der Waals surface area contributed by atoms with Crippen LogP contribution in [-0.4, -0.2) is 5.52 Å². The summed E-state index contributed by atoms with van der Waals surface area (Å²) >= 11 is 0. The van der Waals surface area contributed by atoms with Crippen molar-refractivity contribution in [1.29, 1.82) is 0 Å². The second kappa shape index (κ2) is 8.66. The maximum Gasteiger partial charge on any atom is 0.253 e. The Kier molecular flexibility index (Phi) is 6.22. The summed E-state index contributed by atoms with van der Waals surface area (Å²) in [6.07, 6.45) is 0. The molecule has 0 amide bonds. The molecule has 0 saturated carbocycles. The molecule has 22 heavy (non-hydrogen) atoms. The molecule has 3 rings (SSSR count). The van der Waals surface area contributed by atoms with Crippen LogP contribution in [0, 0.1) is 0 Å². The summed E-state index contributed by atoms with van der Waals surface area (Å²) in [6, 6.07) is 29.3. The van der Waals surface area contributed by atoms with Crippen molar-refractivity contribution in [2.24, 2.45) is 0 Å². The van der Waals surface area contributed by atoms with Gasteiger partial charge in [0.15, 0.2) is 0 Å². The standard InChI is InChI=1S/C12H10.C7H5O2P/c1-3-7-11(8-4-1)12-9-5-2-6-10-12;8-7(10-9)6-4-2-1-3-5-6/h1-10H;1-5H. The lowest BCUT2D eigenvalue weighted by Crippen LogP contribution is -1.85. The fourth-order valence-corrected chi connectivity index (χ4v) is 2.15. The minimum absolute atomic E-state index is 0.374. The van der Waals surface area contributed by atoms with Gasteiger partial charge in [-0.05, 0) is 11.1 Å². The second-order valence-electron chi connectivity index (χ2n) is 4.49. The van der Waals surface area contributed by atoms with E-state index in [1.165, 1.54) is 11.1 Å². The molecular formula is C19H15O2P. The molecule has 0 saturated heterocycles. The largest absolute Gasteiger partial charge is 0.280 e. The van der Waals surface area contributed by atoms with Crippen LogP contribution in [0.25, 0.3) is 11.1 Å². The molecular weight excluding hydrogens is 291 g/mol. The van der Waals surface area contributed by atoms with Gasteiger partial charge in [-0.1, -0.05) is 91.0 Å². The number of carbonyl (C=O) groups excluding carboxylic acids is 1. The number of carbonyl (C=O) groups is 1. The highest BCUT2D eigenvalue weighted by atomic mass is 31.1. The number of benzene rings is 3. The van der Waals surface area contributed by atoms with E-state index in [1.807, 2.05) is 12.1 Å². The zero-order valence-electron chi connectivity index (χ0n) is 11.9. The summed E-state index contributed by atoms with van der Waals surface area (Å²) in [5.41, 5.74) is 2.66. The van der Waals surface area contributed by atoms with Crippen molar-refractivity contribution in [2.45, 2.75) is 0 Å². The summed E-state index contributed by atoms with van der Waals surface area (Å²) in [7, 11) is -0.445. The molecule has 0 aliphatic heterocycles. The van der Waals surface area contributed by atoms with Crippen LogP contribution >= 0.6 is 8.46 Å². The number of hydrogen-bond acceptors (Lipinski definition) is 2. The van der Waals surface area contributed by atoms with E-state index in [-0.39, 0.29) is 5.52 Å². The Balaban J connectivity index is 0.000000164. The highest BCUT2D eigenvalue weighted by Crippen LogP contribution is 2.17. The molecule has 3 aromatic rings. The molecule has 108 valence electrons. The lowest BCUT2D eigenvalue weighted by molar-refractivity contribution is 0.108. The van der Waals surface area contributed by atoms with E-state index in [2.05, 4.69) is 48.5 Å². The van der Waals surface area contributed by atoms with Gasteiger partial charge in [0.2, 0.25) is 8.46 Å². The summed E-state index contributed by atoms with van der Waals surface area (Å²) in [5, 5.41) is 0. The molecule has 0 radical (unpaired) electrons. The average molecular weight is 306 g/mol. The van der Waals surface area contributed by atoms with Crippen molar-refractivity contribution in [2.75, 3.05) is 0 Å². The molecule has 0 fully saturated rings. The summed E-state index contributed by atoms with van der Waals surface area (Å²) in [4.78, 5) is 10.7. The highest BCUT2D eigenvalue weighted by Gasteiger charge is 2.01. The van der Waals surface area contributed by atoms with E-state index in [0.717, 1.165) is 0 Å². The molecule has 0 N–H and O–H groups in total. The molecule has 0 unspecified atom stereocenters. The third kappa shape index (κ3) is 4.76. The van der Waals surface area contributed by atoms with Crippen molar-refractivity contribution in [3.63, 3.8) is 0 Å². The van der Waals surface area contributed by atoms with Crippen LogP contribution in [0.5, 0.6) is 0 Å². The maximum absolute atomic E-state index is 10.7. The van der Waals surface area contributed by atoms with E-state index < -0.39 is 8.46 Å². The first-order valence-electron chi connectivity index (χ1n) is 6.84. The molecule has 3 aromatic carbocycles. The zero-order valence-corrected chi connectivity index (χ0v) is 12.8. The molecule has 0 spiro atoms. The normalized spacial score (nSPS) is 9.64. The second-order valence-corrected chi connectivity index (χ2v) is 5.08. The topological polar surface area (TPSA) is 34.1 Å². The predicted octanol–water partition coefficient (Wildman–Crippen LogP) is 5.47. The van der Waals surface area contributed by atoms with Gasteiger partial charge >= 0.3 is 0 Å². The quantitative estimate of drug-likeness (QED) is 0.601. The van der Waals surface area contributed by atoms with Gasteiger partial charge in [-0.25, -0.2) is 0 Å². The Morgan fingerprint density at radius 1 is 0.591 bits per heavy atom. The van der Waals surface area contributed by atoms with Gasteiger partial charge in [0, 0.05) is 5.56 Å². The monoisotopic (exact) mass is 306 g/mol. The molecule has 0 atom stereocenters. The van der Waals surface area contributed by atoms with E-state index in [9.17, 15) is 9.36 Å². The van der Waals surface area contributed by atoms with E-state index >= 15 is 0 Å². The Morgan fingerprint density at radius 2 is 0.955 bits per heavy atom. The van der Waals surface area contributed by atoms with Gasteiger partial charge in [0.25, 0.3) is 5.52 Å². The molecule has 0 bridgehead atoms. The highest BCUT2D eigenvalue weighted by molar-refractivity contribution is 7.47. The van der Waals surface area contributed by atoms with E-state index in [4.69, 9.17) is 0 Å². The van der Waals surface area contributed by atoms with Crippen LogP contribution < -0.4 is 0 Å². The van der Waals surface area contributed by atoms with Gasteiger partial charge in [0.1, 0.15) is 0 Å². The van der Waals surface area contributed by atoms with Crippen LogP contribution in [0.3, 0.4) is 0 Å². The van der Waals surface area contributed by atoms with Gasteiger partial charge in [-0.2, -0.15) is 0 Å². The van der Waals surface area contributed by atoms with Crippen molar-refractivity contribution < 1.29 is 9.36 Å². The van der Waals surface area contributed by atoms with Gasteiger partial charge < -0.3 is 0 Å². The number of rotatable bonds is 3. The third-order valence-electron chi connectivity index (χ3n) is 2.98. The van der Waals surface area contributed by atoms with E-state index in [0.29, 0.717) is 5.56 Å². The van der Waals surface area contributed by atoms with Crippen LogP contribution in [0.1, 0.15) is 10.4 Å². The molecule has 3 heteroatoms. The predicted molar refractivity (Wildman–Crippen MR) is 90.3 cm³/mol. The summed E-state index contributed by atoms with van der Waals surface area (Å²) in [5.74, 6) is 0. The number of hydrogen-bond donors (Lipinski definition) is 0. The maximum atomic E-state index is 10.7. The Bertz CT molecular complexity index is 673. The molecule has 0 heterocycles. The van der Waals surface area contributed by atoms with Gasteiger partial charge in [0.05, 0.1) is 0 Å². The minimum Gasteiger partial charge on any atom is -0.280 e. The summed E-state index contributed by atoms with van der Waals surface area (Å²) in [6.45, 7) is 0. The lowest BCUT2D eigenvalue weighted by Gasteiger charge is -1.98. The molecule has 2 nitrogen and oxygen atoms in total. The molecule has 0 aromatic heterocycles. The average Bonchev–Trinajstić information content (AvgIpc) is 2.64. The smallest absolute Gasteiger partial charge is 0.253 e. The van der Waals surface area contributed by atoms with Crippen LogP contribution in [0.15, 0.2) is 91.0 Å². The first-order valence-corrected chi connectivity index (χ1v) is 7.65. The lowest BCUT2D eigenvalue weighted by atomic mass is 10.1. The zero-order chi connectivity index (χ0) is 15.6. The van der Waals surface area contributed by atoms with Crippen molar-refractivity contribution in [3.8, 4) is 11.1 Å². The minimum atomic E-state index is -0.445. The molecule has 0 aliphatic rings. The first-order chi connectivity index (χ1) is 10.8.